The Morgan fingerprint density at radius 1 is 1.43 bits per heavy atom. The molecule has 0 aliphatic rings. The maximum Gasteiger partial charge on any atom is 0.224 e. The van der Waals surface area contributed by atoms with Crippen LogP contribution in [0.4, 0.5) is 0 Å². The van der Waals surface area contributed by atoms with Gasteiger partial charge in [0.15, 0.2) is 0 Å². The largest absolute Gasteiger partial charge is 0.383 e. The topological polar surface area (TPSA) is 50.4 Å². The van der Waals surface area contributed by atoms with Crippen LogP contribution in [-0.2, 0) is 9.53 Å². The van der Waals surface area contributed by atoms with Crippen LogP contribution < -0.4 is 10.6 Å². The third kappa shape index (κ3) is 5.19. The average molecular weight is 202 g/mol. The van der Waals surface area contributed by atoms with Crippen molar-refractivity contribution in [3.05, 3.63) is 0 Å². The lowest BCUT2D eigenvalue weighted by atomic mass is 9.95. The number of ether oxygens (including phenoxy) is 1. The van der Waals surface area contributed by atoms with Gasteiger partial charge in [0, 0.05) is 20.2 Å². The molecule has 0 aromatic rings. The third-order valence-electron chi connectivity index (χ3n) is 2.17. The summed E-state index contributed by atoms with van der Waals surface area (Å²) in [5, 5.41) is 5.87. The van der Waals surface area contributed by atoms with E-state index in [1.165, 1.54) is 0 Å². The molecule has 0 aromatic carbocycles. The van der Waals surface area contributed by atoms with E-state index in [0.29, 0.717) is 19.1 Å². The van der Waals surface area contributed by atoms with Gasteiger partial charge in [-0.25, -0.2) is 0 Å². The van der Waals surface area contributed by atoms with Crippen molar-refractivity contribution in [2.24, 2.45) is 11.8 Å². The van der Waals surface area contributed by atoms with Gasteiger partial charge in [-0.05, 0) is 13.0 Å². The van der Waals surface area contributed by atoms with Crippen LogP contribution in [0.1, 0.15) is 13.8 Å². The molecule has 2 N–H and O–H groups in total. The molecular weight excluding hydrogens is 180 g/mol. The molecule has 1 amide bonds. The van der Waals surface area contributed by atoms with Crippen molar-refractivity contribution in [1.29, 1.82) is 0 Å². The zero-order chi connectivity index (χ0) is 11.0. The molecule has 0 aliphatic heterocycles. The van der Waals surface area contributed by atoms with E-state index in [1.54, 1.807) is 7.11 Å². The predicted molar refractivity (Wildman–Crippen MR) is 57.1 cm³/mol. The molecule has 0 saturated carbocycles. The smallest absolute Gasteiger partial charge is 0.224 e. The van der Waals surface area contributed by atoms with Crippen molar-refractivity contribution in [2.45, 2.75) is 13.8 Å². The summed E-state index contributed by atoms with van der Waals surface area (Å²) in [6.07, 6.45) is 0. The van der Waals surface area contributed by atoms with E-state index in [2.05, 4.69) is 24.5 Å². The Labute approximate surface area is 86.4 Å². The van der Waals surface area contributed by atoms with Crippen molar-refractivity contribution >= 4 is 5.91 Å². The zero-order valence-corrected chi connectivity index (χ0v) is 9.59. The number of hydrogen-bond donors (Lipinski definition) is 2. The second-order valence-electron chi connectivity index (χ2n) is 3.69. The van der Waals surface area contributed by atoms with Crippen LogP contribution >= 0.6 is 0 Å². The lowest BCUT2D eigenvalue weighted by Gasteiger charge is -2.19. The molecule has 4 nitrogen and oxygen atoms in total. The Bertz CT molecular complexity index is 160. The van der Waals surface area contributed by atoms with E-state index in [-0.39, 0.29) is 11.8 Å². The Hall–Kier alpha value is -0.610. The Morgan fingerprint density at radius 2 is 2.07 bits per heavy atom. The number of carbonyl (C=O) groups excluding carboxylic acids is 1. The van der Waals surface area contributed by atoms with E-state index in [0.717, 1.165) is 6.54 Å². The molecular formula is C10H22N2O2. The zero-order valence-electron chi connectivity index (χ0n) is 9.59. The van der Waals surface area contributed by atoms with Crippen LogP contribution in [0.2, 0.25) is 0 Å². The molecule has 0 heterocycles. The van der Waals surface area contributed by atoms with Gasteiger partial charge < -0.3 is 15.4 Å². The van der Waals surface area contributed by atoms with Crippen LogP contribution in [0.15, 0.2) is 0 Å². The molecule has 0 aromatic heterocycles. The predicted octanol–water partition coefficient (Wildman–Crippen LogP) is 0.241. The summed E-state index contributed by atoms with van der Waals surface area (Å²) >= 11 is 0. The molecule has 0 spiro atoms. The highest BCUT2D eigenvalue weighted by atomic mass is 16.5. The first-order valence-corrected chi connectivity index (χ1v) is 5.04. The van der Waals surface area contributed by atoms with Gasteiger partial charge in [-0.3, -0.25) is 4.79 Å². The van der Waals surface area contributed by atoms with Crippen LogP contribution in [0.5, 0.6) is 0 Å². The number of carbonyl (C=O) groups is 1. The summed E-state index contributed by atoms with van der Waals surface area (Å²) in [5.41, 5.74) is 0. The Balaban J connectivity index is 3.89. The fourth-order valence-corrected chi connectivity index (χ4v) is 1.26. The highest BCUT2D eigenvalue weighted by molar-refractivity contribution is 5.79. The summed E-state index contributed by atoms with van der Waals surface area (Å²) in [6.45, 7) is 5.98. The monoisotopic (exact) mass is 202 g/mol. The van der Waals surface area contributed by atoms with Crippen LogP contribution in [0.3, 0.4) is 0 Å². The molecule has 84 valence electrons. The molecule has 0 aliphatic carbocycles. The number of methoxy groups -OCH3 is 1. The maximum atomic E-state index is 11.6. The normalized spacial score (nSPS) is 12.9. The summed E-state index contributed by atoms with van der Waals surface area (Å²) in [5.74, 6) is 0.494. The number of hydrogen-bond acceptors (Lipinski definition) is 3. The van der Waals surface area contributed by atoms with E-state index >= 15 is 0 Å². The quantitative estimate of drug-likeness (QED) is 0.581. The fraction of sp³-hybridized carbons (Fsp3) is 0.900. The molecule has 4 heteroatoms. The first kappa shape index (κ1) is 13.4. The Morgan fingerprint density at radius 3 is 2.50 bits per heavy atom. The van der Waals surface area contributed by atoms with Crippen molar-refractivity contribution < 1.29 is 9.53 Å². The van der Waals surface area contributed by atoms with Crippen molar-refractivity contribution in [3.8, 4) is 0 Å². The average Bonchev–Trinajstić information content (AvgIpc) is 2.13. The molecule has 1 unspecified atom stereocenters. The SMILES string of the molecule is CNCC(C(=O)NCCOC)C(C)C. The molecule has 0 rings (SSSR count). The van der Waals surface area contributed by atoms with E-state index in [1.807, 2.05) is 7.05 Å². The lowest BCUT2D eigenvalue weighted by Crippen LogP contribution is -2.40. The fourth-order valence-electron chi connectivity index (χ4n) is 1.26. The second-order valence-corrected chi connectivity index (χ2v) is 3.69. The van der Waals surface area contributed by atoms with Gasteiger partial charge in [0.2, 0.25) is 5.91 Å². The van der Waals surface area contributed by atoms with Gasteiger partial charge in [0.05, 0.1) is 12.5 Å². The first-order chi connectivity index (χ1) is 6.63. The highest BCUT2D eigenvalue weighted by Crippen LogP contribution is 2.09. The van der Waals surface area contributed by atoms with Crippen molar-refractivity contribution in [2.75, 3.05) is 33.9 Å². The number of amides is 1. The minimum atomic E-state index is 0.0388. The van der Waals surface area contributed by atoms with Gasteiger partial charge in [0.25, 0.3) is 0 Å². The van der Waals surface area contributed by atoms with Gasteiger partial charge in [0.1, 0.15) is 0 Å². The van der Waals surface area contributed by atoms with Crippen molar-refractivity contribution in [1.82, 2.24) is 10.6 Å². The molecule has 0 bridgehead atoms. The second kappa shape index (κ2) is 7.76. The maximum absolute atomic E-state index is 11.6. The Kier molecular flexibility index (Phi) is 7.42. The van der Waals surface area contributed by atoms with Crippen LogP contribution in [0.25, 0.3) is 0 Å². The number of rotatable bonds is 7. The summed E-state index contributed by atoms with van der Waals surface area (Å²) in [7, 11) is 3.48. The van der Waals surface area contributed by atoms with Crippen molar-refractivity contribution in [3.63, 3.8) is 0 Å². The van der Waals surface area contributed by atoms with Crippen LogP contribution in [0, 0.1) is 11.8 Å². The van der Waals surface area contributed by atoms with Gasteiger partial charge in [-0.2, -0.15) is 0 Å². The number of nitrogens with one attached hydrogen (secondary N) is 2. The molecule has 0 saturated heterocycles. The first-order valence-electron chi connectivity index (χ1n) is 5.04. The molecule has 0 radical (unpaired) electrons. The highest BCUT2D eigenvalue weighted by Gasteiger charge is 2.20. The van der Waals surface area contributed by atoms with E-state index in [4.69, 9.17) is 4.74 Å². The van der Waals surface area contributed by atoms with Gasteiger partial charge >= 0.3 is 0 Å². The van der Waals surface area contributed by atoms with Gasteiger partial charge in [-0.1, -0.05) is 13.8 Å². The van der Waals surface area contributed by atoms with Gasteiger partial charge in [-0.15, -0.1) is 0 Å². The summed E-state index contributed by atoms with van der Waals surface area (Å²) in [4.78, 5) is 11.6. The molecule has 0 fully saturated rings. The lowest BCUT2D eigenvalue weighted by molar-refractivity contribution is -0.126. The third-order valence-corrected chi connectivity index (χ3v) is 2.17. The molecule has 1 atom stereocenters. The summed E-state index contributed by atoms with van der Waals surface area (Å²) < 4.78 is 4.86. The van der Waals surface area contributed by atoms with E-state index < -0.39 is 0 Å². The summed E-state index contributed by atoms with van der Waals surface area (Å²) in [6, 6.07) is 0. The molecule has 14 heavy (non-hydrogen) atoms. The van der Waals surface area contributed by atoms with E-state index in [9.17, 15) is 4.79 Å². The standard InChI is InChI=1S/C10H22N2O2/c1-8(2)9(7-11-3)10(13)12-5-6-14-4/h8-9,11H,5-7H2,1-4H3,(H,12,13). The minimum Gasteiger partial charge on any atom is -0.383 e. The minimum absolute atomic E-state index is 0.0388. The van der Waals surface area contributed by atoms with Crippen LogP contribution in [-0.4, -0.2) is 39.8 Å².